The van der Waals surface area contributed by atoms with Crippen LogP contribution in [0.3, 0.4) is 0 Å². The minimum Gasteiger partial charge on any atom is -0.497 e. The molecule has 0 bridgehead atoms. The van der Waals surface area contributed by atoms with Crippen LogP contribution in [0.4, 0.5) is 4.39 Å². The first-order valence-corrected chi connectivity index (χ1v) is 8.19. The number of nitrogens with zero attached hydrogens (tertiary/aromatic N) is 2. The van der Waals surface area contributed by atoms with Crippen LogP contribution < -0.4 is 9.47 Å². The summed E-state index contributed by atoms with van der Waals surface area (Å²) < 4.78 is 23.4. The molecule has 0 atom stereocenters. The van der Waals surface area contributed by atoms with Gasteiger partial charge in [0.15, 0.2) is 5.82 Å². The van der Waals surface area contributed by atoms with Gasteiger partial charge in [0, 0.05) is 17.4 Å². The van der Waals surface area contributed by atoms with E-state index in [0.29, 0.717) is 28.2 Å². The Labute approximate surface area is 143 Å². The van der Waals surface area contributed by atoms with Gasteiger partial charge < -0.3 is 9.47 Å². The quantitative estimate of drug-likeness (QED) is 0.686. The van der Waals surface area contributed by atoms with Gasteiger partial charge in [0.2, 0.25) is 5.16 Å². The second-order valence-electron chi connectivity index (χ2n) is 4.98. The van der Waals surface area contributed by atoms with Gasteiger partial charge in [0.05, 0.1) is 14.2 Å². The molecule has 1 aromatic heterocycles. The number of aromatic nitrogens is 3. The third-order valence-electron chi connectivity index (χ3n) is 3.37. The van der Waals surface area contributed by atoms with E-state index < -0.39 is 0 Å². The molecule has 7 heteroatoms. The van der Waals surface area contributed by atoms with E-state index in [4.69, 9.17) is 9.47 Å². The van der Waals surface area contributed by atoms with E-state index in [1.54, 1.807) is 32.4 Å². The Morgan fingerprint density at radius 2 is 1.71 bits per heavy atom. The summed E-state index contributed by atoms with van der Waals surface area (Å²) in [5.41, 5.74) is 1.84. The van der Waals surface area contributed by atoms with Gasteiger partial charge in [-0.25, -0.2) is 9.37 Å². The molecule has 24 heavy (non-hydrogen) atoms. The van der Waals surface area contributed by atoms with Gasteiger partial charge in [0.25, 0.3) is 0 Å². The molecule has 0 unspecified atom stereocenters. The Balaban J connectivity index is 1.74. The summed E-state index contributed by atoms with van der Waals surface area (Å²) in [6.45, 7) is 0. The summed E-state index contributed by atoms with van der Waals surface area (Å²) in [7, 11) is 3.20. The second kappa shape index (κ2) is 7.35. The Morgan fingerprint density at radius 1 is 1.04 bits per heavy atom. The number of thioether (sulfide) groups is 1. The zero-order valence-electron chi connectivity index (χ0n) is 13.2. The molecule has 5 nitrogen and oxygen atoms in total. The Hall–Kier alpha value is -2.54. The number of nitrogens with one attached hydrogen (secondary N) is 1. The van der Waals surface area contributed by atoms with Gasteiger partial charge in [-0.3, -0.25) is 5.10 Å². The van der Waals surface area contributed by atoms with Crippen LogP contribution in [0.1, 0.15) is 5.56 Å². The molecule has 0 fully saturated rings. The number of hydrogen-bond donors (Lipinski definition) is 1. The van der Waals surface area contributed by atoms with Crippen LogP contribution in [0.2, 0.25) is 0 Å². The maximum Gasteiger partial charge on any atom is 0.209 e. The summed E-state index contributed by atoms with van der Waals surface area (Å²) >= 11 is 1.48. The molecular weight excluding hydrogens is 329 g/mol. The van der Waals surface area contributed by atoms with E-state index >= 15 is 0 Å². The monoisotopic (exact) mass is 345 g/mol. The van der Waals surface area contributed by atoms with E-state index in [0.717, 1.165) is 11.1 Å². The highest BCUT2D eigenvalue weighted by Crippen LogP contribution is 2.29. The molecule has 2 aromatic carbocycles. The van der Waals surface area contributed by atoms with Crippen molar-refractivity contribution in [3.63, 3.8) is 0 Å². The number of aromatic amines is 1. The first kappa shape index (κ1) is 16.3. The summed E-state index contributed by atoms with van der Waals surface area (Å²) in [5.74, 6) is 2.42. The molecule has 0 spiro atoms. The lowest BCUT2D eigenvalue weighted by atomic mass is 10.2. The molecule has 0 saturated carbocycles. The second-order valence-corrected chi connectivity index (χ2v) is 5.93. The van der Waals surface area contributed by atoms with Crippen LogP contribution in [0.15, 0.2) is 47.6 Å². The SMILES string of the molecule is COc1cc(OC)cc(-c2nc(SCc3ccc(F)cc3)n[nH]2)c1. The van der Waals surface area contributed by atoms with Gasteiger partial charge in [-0.05, 0) is 29.8 Å². The lowest BCUT2D eigenvalue weighted by Crippen LogP contribution is -1.89. The average molecular weight is 345 g/mol. The van der Waals surface area contributed by atoms with Crippen molar-refractivity contribution >= 4 is 11.8 Å². The molecule has 0 amide bonds. The fourth-order valence-electron chi connectivity index (χ4n) is 2.11. The molecule has 124 valence electrons. The van der Waals surface area contributed by atoms with Crippen LogP contribution in [0.5, 0.6) is 11.5 Å². The molecule has 3 rings (SSSR count). The van der Waals surface area contributed by atoms with Crippen molar-refractivity contribution in [2.45, 2.75) is 10.9 Å². The molecule has 0 aliphatic carbocycles. The normalized spacial score (nSPS) is 10.6. The summed E-state index contributed by atoms with van der Waals surface area (Å²) in [6, 6.07) is 11.9. The highest BCUT2D eigenvalue weighted by molar-refractivity contribution is 7.98. The summed E-state index contributed by atoms with van der Waals surface area (Å²) in [5, 5.41) is 7.75. The fraction of sp³-hybridized carbons (Fsp3) is 0.176. The molecule has 1 heterocycles. The number of methoxy groups -OCH3 is 2. The predicted octanol–water partition coefficient (Wildman–Crippen LogP) is 3.92. The van der Waals surface area contributed by atoms with Crippen LogP contribution >= 0.6 is 11.8 Å². The third kappa shape index (κ3) is 3.86. The van der Waals surface area contributed by atoms with Crippen molar-refractivity contribution in [3.05, 3.63) is 53.8 Å². The first-order chi connectivity index (χ1) is 11.7. The minimum absolute atomic E-state index is 0.240. The molecule has 1 N–H and O–H groups in total. The van der Waals surface area contributed by atoms with Gasteiger partial charge in [-0.15, -0.1) is 5.10 Å². The number of H-pyrrole nitrogens is 1. The Kier molecular flexibility index (Phi) is 5.00. The zero-order chi connectivity index (χ0) is 16.9. The molecule has 3 aromatic rings. The highest BCUT2D eigenvalue weighted by atomic mass is 32.2. The smallest absolute Gasteiger partial charge is 0.209 e. The number of benzene rings is 2. The van der Waals surface area contributed by atoms with Crippen LogP contribution in [-0.4, -0.2) is 29.4 Å². The fourth-order valence-corrected chi connectivity index (χ4v) is 2.87. The van der Waals surface area contributed by atoms with Gasteiger partial charge in [0.1, 0.15) is 17.3 Å². The summed E-state index contributed by atoms with van der Waals surface area (Å²) in [6.07, 6.45) is 0. The van der Waals surface area contributed by atoms with Crippen LogP contribution in [-0.2, 0) is 5.75 Å². The lowest BCUT2D eigenvalue weighted by molar-refractivity contribution is 0.394. The number of halogens is 1. The predicted molar refractivity (Wildman–Crippen MR) is 90.9 cm³/mol. The molecule has 0 saturated heterocycles. The molecule has 0 radical (unpaired) electrons. The number of ether oxygens (including phenoxy) is 2. The molecule has 0 aliphatic heterocycles. The van der Waals surface area contributed by atoms with Crippen LogP contribution in [0, 0.1) is 5.82 Å². The van der Waals surface area contributed by atoms with E-state index in [2.05, 4.69) is 15.2 Å². The Morgan fingerprint density at radius 3 is 2.33 bits per heavy atom. The molecular formula is C17H16FN3O2S. The lowest BCUT2D eigenvalue weighted by Gasteiger charge is -2.06. The Bertz CT molecular complexity index is 799. The van der Waals surface area contributed by atoms with Gasteiger partial charge >= 0.3 is 0 Å². The van der Waals surface area contributed by atoms with E-state index in [1.807, 2.05) is 12.1 Å². The van der Waals surface area contributed by atoms with Crippen molar-refractivity contribution in [3.8, 4) is 22.9 Å². The first-order valence-electron chi connectivity index (χ1n) is 7.21. The third-order valence-corrected chi connectivity index (χ3v) is 4.29. The topological polar surface area (TPSA) is 60.0 Å². The van der Waals surface area contributed by atoms with Crippen molar-refractivity contribution < 1.29 is 13.9 Å². The van der Waals surface area contributed by atoms with Crippen molar-refractivity contribution in [1.29, 1.82) is 0 Å². The molecule has 0 aliphatic rings. The minimum atomic E-state index is -0.240. The van der Waals surface area contributed by atoms with Crippen LogP contribution in [0.25, 0.3) is 11.4 Å². The van der Waals surface area contributed by atoms with Crippen molar-refractivity contribution in [1.82, 2.24) is 15.2 Å². The standard InChI is InChI=1S/C17H16FN3O2S/c1-22-14-7-12(8-15(9-14)23-2)16-19-17(21-20-16)24-10-11-3-5-13(18)6-4-11/h3-9H,10H2,1-2H3,(H,19,20,21). The van der Waals surface area contributed by atoms with Gasteiger partial charge in [-0.2, -0.15) is 0 Å². The largest absolute Gasteiger partial charge is 0.497 e. The summed E-state index contributed by atoms with van der Waals surface area (Å²) in [4.78, 5) is 4.48. The van der Waals surface area contributed by atoms with Crippen molar-refractivity contribution in [2.24, 2.45) is 0 Å². The highest BCUT2D eigenvalue weighted by Gasteiger charge is 2.10. The number of hydrogen-bond acceptors (Lipinski definition) is 5. The van der Waals surface area contributed by atoms with E-state index in [-0.39, 0.29) is 5.82 Å². The maximum absolute atomic E-state index is 12.9. The maximum atomic E-state index is 12.9. The average Bonchev–Trinajstić information content (AvgIpc) is 3.10. The number of rotatable bonds is 6. The van der Waals surface area contributed by atoms with E-state index in [1.165, 1.54) is 23.9 Å². The van der Waals surface area contributed by atoms with Gasteiger partial charge in [-0.1, -0.05) is 23.9 Å². The zero-order valence-corrected chi connectivity index (χ0v) is 14.1. The van der Waals surface area contributed by atoms with Crippen molar-refractivity contribution in [2.75, 3.05) is 14.2 Å². The van der Waals surface area contributed by atoms with E-state index in [9.17, 15) is 4.39 Å².